The summed E-state index contributed by atoms with van der Waals surface area (Å²) in [5.74, 6) is 0.704. The van der Waals surface area contributed by atoms with Crippen LogP contribution in [0.2, 0.25) is 0 Å². The largest absolute Gasteiger partial charge is 0.493 e. The minimum absolute atomic E-state index is 0.0393. The van der Waals surface area contributed by atoms with Crippen molar-refractivity contribution in [3.8, 4) is 5.75 Å². The highest BCUT2D eigenvalue weighted by atomic mass is 16.5. The van der Waals surface area contributed by atoms with Crippen molar-refractivity contribution in [2.45, 2.75) is 13.3 Å². The summed E-state index contributed by atoms with van der Waals surface area (Å²) in [6, 6.07) is 17.8. The molecule has 1 amide bonds. The van der Waals surface area contributed by atoms with Gasteiger partial charge in [-0.25, -0.2) is 0 Å². The van der Waals surface area contributed by atoms with Gasteiger partial charge in [0.1, 0.15) is 5.75 Å². The van der Waals surface area contributed by atoms with Crippen LogP contribution in [0, 0.1) is 0 Å². The van der Waals surface area contributed by atoms with Crippen LogP contribution in [-0.2, 0) is 0 Å². The van der Waals surface area contributed by atoms with Crippen molar-refractivity contribution in [3.05, 3.63) is 71.8 Å². The quantitative estimate of drug-likeness (QED) is 0.854. The molecule has 0 aliphatic carbocycles. The Morgan fingerprint density at radius 2 is 1.83 bits per heavy atom. The van der Waals surface area contributed by atoms with Gasteiger partial charge in [0, 0.05) is 13.1 Å². The van der Waals surface area contributed by atoms with E-state index in [2.05, 4.69) is 18.2 Å². The fraction of sp³-hybridized carbons (Fsp3) is 0.250. The van der Waals surface area contributed by atoms with Crippen molar-refractivity contribution in [2.24, 2.45) is 0 Å². The van der Waals surface area contributed by atoms with Crippen molar-refractivity contribution in [1.29, 1.82) is 0 Å². The molecule has 0 saturated heterocycles. The Morgan fingerprint density at radius 1 is 1.09 bits per heavy atom. The van der Waals surface area contributed by atoms with Gasteiger partial charge in [0.15, 0.2) is 0 Å². The van der Waals surface area contributed by atoms with Crippen molar-refractivity contribution in [3.63, 3.8) is 0 Å². The Labute approximate surface area is 137 Å². The molecule has 3 nitrogen and oxygen atoms in total. The summed E-state index contributed by atoms with van der Waals surface area (Å²) < 4.78 is 5.58. The van der Waals surface area contributed by atoms with Gasteiger partial charge < -0.3 is 9.64 Å². The molecule has 2 aromatic rings. The molecule has 1 heterocycles. The number of carbonyl (C=O) groups is 1. The summed E-state index contributed by atoms with van der Waals surface area (Å²) in [7, 11) is 0. The zero-order valence-electron chi connectivity index (χ0n) is 13.4. The van der Waals surface area contributed by atoms with E-state index in [1.807, 2.05) is 54.3 Å². The monoisotopic (exact) mass is 307 g/mol. The topological polar surface area (TPSA) is 29.5 Å². The van der Waals surface area contributed by atoms with Crippen molar-refractivity contribution in [2.75, 3.05) is 19.7 Å². The molecule has 0 unspecified atom stereocenters. The first kappa shape index (κ1) is 15.3. The van der Waals surface area contributed by atoms with Gasteiger partial charge in [-0.3, -0.25) is 4.79 Å². The van der Waals surface area contributed by atoms with Crippen molar-refractivity contribution < 1.29 is 9.53 Å². The van der Waals surface area contributed by atoms with Crippen LogP contribution in [0.15, 0.2) is 60.7 Å². The average molecular weight is 307 g/mol. The van der Waals surface area contributed by atoms with Crippen LogP contribution in [0.1, 0.15) is 29.3 Å². The summed E-state index contributed by atoms with van der Waals surface area (Å²) in [6.45, 7) is 3.86. The zero-order chi connectivity index (χ0) is 16.1. The van der Waals surface area contributed by atoms with Crippen molar-refractivity contribution >= 4 is 11.5 Å². The number of rotatable bonds is 4. The van der Waals surface area contributed by atoms with Crippen molar-refractivity contribution in [1.82, 2.24) is 4.90 Å². The van der Waals surface area contributed by atoms with Crippen LogP contribution < -0.4 is 4.74 Å². The number of amides is 1. The number of hydrogen-bond acceptors (Lipinski definition) is 2. The molecule has 0 atom stereocenters. The minimum atomic E-state index is 0.0393. The molecular weight excluding hydrogens is 286 g/mol. The fourth-order valence-corrected chi connectivity index (χ4v) is 2.86. The third-order valence-electron chi connectivity index (χ3n) is 4.06. The number of nitrogens with zero attached hydrogens (tertiary/aromatic N) is 1. The molecule has 0 N–H and O–H groups in total. The Bertz CT molecular complexity index is 707. The van der Waals surface area contributed by atoms with Crippen LogP contribution in [0.25, 0.3) is 5.57 Å². The molecule has 0 bridgehead atoms. The van der Waals surface area contributed by atoms with Gasteiger partial charge in [-0.2, -0.15) is 0 Å². The molecule has 1 aliphatic heterocycles. The molecule has 0 saturated carbocycles. The second-order valence-corrected chi connectivity index (χ2v) is 5.53. The van der Waals surface area contributed by atoms with E-state index >= 15 is 0 Å². The second-order valence-electron chi connectivity index (χ2n) is 5.53. The predicted octanol–water partition coefficient (Wildman–Crippen LogP) is 4.01. The first-order chi connectivity index (χ1) is 11.3. The molecule has 23 heavy (non-hydrogen) atoms. The molecular formula is C20H21NO2. The molecule has 1 aliphatic rings. The van der Waals surface area contributed by atoms with Gasteiger partial charge in [0.25, 0.3) is 5.91 Å². The highest BCUT2D eigenvalue weighted by molar-refractivity contribution is 5.97. The summed E-state index contributed by atoms with van der Waals surface area (Å²) in [5, 5.41) is 0. The predicted molar refractivity (Wildman–Crippen MR) is 92.6 cm³/mol. The third-order valence-corrected chi connectivity index (χ3v) is 4.06. The highest BCUT2D eigenvalue weighted by Crippen LogP contribution is 2.25. The standard InChI is InChI=1S/C20H21NO2/c1-2-23-19-11-7-6-10-18(19)20(22)21-14-12-17(13-15-21)16-8-4-3-5-9-16/h3-12H,2,13-15H2,1H3. The fourth-order valence-electron chi connectivity index (χ4n) is 2.86. The van der Waals surface area contributed by atoms with Crippen LogP contribution in [0.3, 0.4) is 0 Å². The van der Waals surface area contributed by atoms with E-state index < -0.39 is 0 Å². The zero-order valence-corrected chi connectivity index (χ0v) is 13.4. The first-order valence-electron chi connectivity index (χ1n) is 8.05. The first-order valence-corrected chi connectivity index (χ1v) is 8.05. The maximum absolute atomic E-state index is 12.8. The van der Waals surface area contributed by atoms with E-state index in [1.165, 1.54) is 11.1 Å². The van der Waals surface area contributed by atoms with Gasteiger partial charge in [-0.05, 0) is 36.6 Å². The lowest BCUT2D eigenvalue weighted by atomic mass is 9.99. The van der Waals surface area contributed by atoms with Gasteiger partial charge in [0.05, 0.1) is 12.2 Å². The normalized spacial score (nSPS) is 14.3. The van der Waals surface area contributed by atoms with E-state index in [0.717, 1.165) is 13.0 Å². The number of carbonyl (C=O) groups excluding carboxylic acids is 1. The van der Waals surface area contributed by atoms with E-state index in [-0.39, 0.29) is 5.91 Å². The summed E-state index contributed by atoms with van der Waals surface area (Å²) in [6.07, 6.45) is 3.03. The lowest BCUT2D eigenvalue weighted by molar-refractivity contribution is 0.0768. The molecule has 0 spiro atoms. The van der Waals surface area contributed by atoms with E-state index in [4.69, 9.17) is 4.74 Å². The molecule has 2 aromatic carbocycles. The van der Waals surface area contributed by atoms with Gasteiger partial charge in [0.2, 0.25) is 0 Å². The SMILES string of the molecule is CCOc1ccccc1C(=O)N1CC=C(c2ccccc2)CC1. The van der Waals surface area contributed by atoms with Crippen LogP contribution in [0.5, 0.6) is 5.75 Å². The third kappa shape index (κ3) is 3.45. The Hall–Kier alpha value is -2.55. The van der Waals surface area contributed by atoms with Gasteiger partial charge in [-0.15, -0.1) is 0 Å². The Balaban J connectivity index is 1.75. The lowest BCUT2D eigenvalue weighted by Gasteiger charge is -2.27. The van der Waals surface area contributed by atoms with E-state index in [0.29, 0.717) is 24.5 Å². The van der Waals surface area contributed by atoms with Crippen LogP contribution in [0.4, 0.5) is 0 Å². The average Bonchev–Trinajstić information content (AvgIpc) is 2.63. The van der Waals surface area contributed by atoms with Gasteiger partial charge >= 0.3 is 0 Å². The number of ether oxygens (including phenoxy) is 1. The maximum Gasteiger partial charge on any atom is 0.257 e. The second kappa shape index (κ2) is 7.14. The molecule has 0 aromatic heterocycles. The van der Waals surface area contributed by atoms with E-state index in [9.17, 15) is 4.79 Å². The highest BCUT2D eigenvalue weighted by Gasteiger charge is 2.21. The number of benzene rings is 2. The molecule has 3 heteroatoms. The smallest absolute Gasteiger partial charge is 0.257 e. The summed E-state index contributed by atoms with van der Waals surface area (Å²) >= 11 is 0. The molecule has 0 radical (unpaired) electrons. The van der Waals surface area contributed by atoms with Gasteiger partial charge in [-0.1, -0.05) is 48.5 Å². The number of para-hydroxylation sites is 1. The van der Waals surface area contributed by atoms with Crippen LogP contribution in [-0.4, -0.2) is 30.5 Å². The maximum atomic E-state index is 12.8. The Morgan fingerprint density at radius 3 is 2.52 bits per heavy atom. The van der Waals surface area contributed by atoms with Crippen LogP contribution >= 0.6 is 0 Å². The summed E-state index contributed by atoms with van der Waals surface area (Å²) in [5.41, 5.74) is 3.20. The molecule has 0 fully saturated rings. The Kier molecular flexibility index (Phi) is 4.77. The molecule has 118 valence electrons. The van der Waals surface area contributed by atoms with E-state index in [1.54, 1.807) is 0 Å². The number of hydrogen-bond donors (Lipinski definition) is 0. The summed E-state index contributed by atoms with van der Waals surface area (Å²) in [4.78, 5) is 14.6. The minimum Gasteiger partial charge on any atom is -0.493 e. The molecule has 3 rings (SSSR count). The lowest BCUT2D eigenvalue weighted by Crippen LogP contribution is -2.34.